The van der Waals surface area contributed by atoms with Crippen molar-refractivity contribution in [3.63, 3.8) is 0 Å². The maximum absolute atomic E-state index is 12.3. The Hall–Kier alpha value is -0.620. The van der Waals surface area contributed by atoms with Crippen molar-refractivity contribution < 1.29 is 47.7 Å². The molecule has 1 aliphatic rings. The number of nitrogens with zero attached hydrogens (tertiary/aromatic N) is 1. The molecule has 0 saturated carbocycles. The van der Waals surface area contributed by atoms with E-state index < -0.39 is 44.2 Å². The molecule has 1 aliphatic heterocycles. The SMILES string of the molecule is COC1OC(C(=O)NCCOP(=O)([O-])CC[N+](C)(C)C)[C@@H](OC)[C@H](O)[C@H]1O. The van der Waals surface area contributed by atoms with Crippen LogP contribution in [0.15, 0.2) is 0 Å². The van der Waals surface area contributed by atoms with Gasteiger partial charge in [0.1, 0.15) is 25.9 Å². The van der Waals surface area contributed by atoms with Gasteiger partial charge in [-0.25, -0.2) is 0 Å². The maximum atomic E-state index is 12.3. The Morgan fingerprint density at radius 2 is 1.85 bits per heavy atom. The molecule has 0 aromatic heterocycles. The van der Waals surface area contributed by atoms with E-state index in [4.69, 9.17) is 18.7 Å². The van der Waals surface area contributed by atoms with Gasteiger partial charge in [0.15, 0.2) is 12.4 Å². The zero-order valence-corrected chi connectivity index (χ0v) is 17.3. The second-order valence-corrected chi connectivity index (χ2v) is 9.24. The van der Waals surface area contributed by atoms with E-state index in [-0.39, 0.29) is 19.3 Å². The minimum Gasteiger partial charge on any atom is -0.778 e. The van der Waals surface area contributed by atoms with Gasteiger partial charge in [-0.1, -0.05) is 0 Å². The van der Waals surface area contributed by atoms with Gasteiger partial charge in [-0.05, 0) is 0 Å². The molecule has 0 spiro atoms. The number of amides is 1. The summed E-state index contributed by atoms with van der Waals surface area (Å²) in [6.45, 7) is 0.0894. The van der Waals surface area contributed by atoms with Crippen molar-refractivity contribution in [2.24, 2.45) is 0 Å². The summed E-state index contributed by atoms with van der Waals surface area (Å²) in [7, 11) is 4.14. The van der Waals surface area contributed by atoms with Gasteiger partial charge in [0.2, 0.25) is 0 Å². The van der Waals surface area contributed by atoms with Gasteiger partial charge in [-0.15, -0.1) is 0 Å². The van der Waals surface area contributed by atoms with Crippen LogP contribution in [-0.2, 0) is 28.1 Å². The van der Waals surface area contributed by atoms with Crippen molar-refractivity contribution in [3.05, 3.63) is 0 Å². The molecule has 11 nitrogen and oxygen atoms in total. The van der Waals surface area contributed by atoms with Crippen LogP contribution in [0.3, 0.4) is 0 Å². The average Bonchev–Trinajstić information content (AvgIpc) is 2.58. The van der Waals surface area contributed by atoms with Gasteiger partial charge in [0.05, 0.1) is 40.5 Å². The Morgan fingerprint density at radius 3 is 2.37 bits per heavy atom. The van der Waals surface area contributed by atoms with Crippen LogP contribution < -0.4 is 10.2 Å². The van der Waals surface area contributed by atoms with Crippen molar-refractivity contribution in [1.29, 1.82) is 0 Å². The third kappa shape index (κ3) is 7.72. The summed E-state index contributed by atoms with van der Waals surface area (Å²) in [5.41, 5.74) is 0. The Kier molecular flexibility index (Phi) is 9.26. The fourth-order valence-corrected chi connectivity index (χ4v) is 3.80. The summed E-state index contributed by atoms with van der Waals surface area (Å²) >= 11 is 0. The summed E-state index contributed by atoms with van der Waals surface area (Å²) in [5.74, 6) is -0.648. The third-order valence-electron chi connectivity index (χ3n) is 4.04. The Balaban J connectivity index is 2.50. The molecule has 3 N–H and O–H groups in total. The summed E-state index contributed by atoms with van der Waals surface area (Å²) < 4.78 is 32.5. The van der Waals surface area contributed by atoms with Gasteiger partial charge >= 0.3 is 0 Å². The fraction of sp³-hybridized carbons (Fsp3) is 0.933. The number of carbonyl (C=O) groups is 1. The second-order valence-electron chi connectivity index (χ2n) is 7.31. The van der Waals surface area contributed by atoms with E-state index in [9.17, 15) is 24.5 Å². The second kappa shape index (κ2) is 10.2. The van der Waals surface area contributed by atoms with Crippen LogP contribution in [0.5, 0.6) is 0 Å². The monoisotopic (exact) mass is 414 g/mol. The molecule has 1 heterocycles. The first-order chi connectivity index (χ1) is 12.4. The smallest absolute Gasteiger partial charge is 0.252 e. The number of aliphatic hydroxyl groups excluding tert-OH is 2. The summed E-state index contributed by atoms with van der Waals surface area (Å²) in [4.78, 5) is 24.1. The first kappa shape index (κ1) is 24.4. The maximum Gasteiger partial charge on any atom is 0.252 e. The molecule has 0 aliphatic carbocycles. The van der Waals surface area contributed by atoms with Crippen molar-refractivity contribution in [2.75, 3.05) is 61.2 Å². The first-order valence-electron chi connectivity index (χ1n) is 8.52. The summed E-state index contributed by atoms with van der Waals surface area (Å²) in [5, 5.41) is 22.4. The average molecular weight is 414 g/mol. The fourth-order valence-electron chi connectivity index (χ4n) is 2.45. The molecule has 0 aromatic carbocycles. The Morgan fingerprint density at radius 1 is 1.22 bits per heavy atom. The number of rotatable bonds is 10. The highest BCUT2D eigenvalue weighted by Gasteiger charge is 2.47. The molecule has 0 bridgehead atoms. The van der Waals surface area contributed by atoms with Crippen molar-refractivity contribution in [2.45, 2.75) is 30.7 Å². The van der Waals surface area contributed by atoms with E-state index in [1.807, 2.05) is 21.1 Å². The Bertz CT molecular complexity index is 528. The van der Waals surface area contributed by atoms with Gasteiger partial charge in [-0.2, -0.15) is 0 Å². The van der Waals surface area contributed by atoms with Gasteiger partial charge in [0.25, 0.3) is 5.91 Å². The van der Waals surface area contributed by atoms with E-state index in [1.165, 1.54) is 14.2 Å². The highest BCUT2D eigenvalue weighted by Crippen LogP contribution is 2.36. The molecular weight excluding hydrogens is 383 g/mol. The minimum atomic E-state index is -4.00. The molecule has 1 saturated heterocycles. The van der Waals surface area contributed by atoms with Gasteiger partial charge < -0.3 is 48.2 Å². The summed E-state index contributed by atoms with van der Waals surface area (Å²) in [6.07, 6.45) is -6.42. The molecule has 0 aromatic rings. The topological polar surface area (TPSA) is 147 Å². The lowest BCUT2D eigenvalue weighted by molar-refractivity contribution is -0.868. The van der Waals surface area contributed by atoms with E-state index in [1.54, 1.807) is 0 Å². The van der Waals surface area contributed by atoms with Gasteiger partial charge in [0, 0.05) is 20.8 Å². The number of carbonyl (C=O) groups excluding carboxylic acids is 1. The van der Waals surface area contributed by atoms with Crippen LogP contribution in [0, 0.1) is 0 Å². The summed E-state index contributed by atoms with van der Waals surface area (Å²) in [6, 6.07) is 0. The lowest BCUT2D eigenvalue weighted by Crippen LogP contribution is -2.62. The van der Waals surface area contributed by atoms with E-state index >= 15 is 0 Å². The lowest BCUT2D eigenvalue weighted by atomic mass is 9.98. The van der Waals surface area contributed by atoms with E-state index in [0.717, 1.165) is 0 Å². The quantitative estimate of drug-likeness (QED) is 0.200. The van der Waals surface area contributed by atoms with Crippen molar-refractivity contribution in [1.82, 2.24) is 5.32 Å². The van der Waals surface area contributed by atoms with E-state index in [2.05, 4.69) is 5.32 Å². The van der Waals surface area contributed by atoms with Gasteiger partial charge in [-0.3, -0.25) is 4.79 Å². The molecular formula is C15H31N2O9P. The molecule has 160 valence electrons. The van der Waals surface area contributed by atoms with Crippen molar-refractivity contribution in [3.8, 4) is 0 Å². The van der Waals surface area contributed by atoms with Crippen LogP contribution >= 0.6 is 7.60 Å². The molecule has 1 rings (SSSR count). The van der Waals surface area contributed by atoms with Crippen LogP contribution in [0.4, 0.5) is 0 Å². The third-order valence-corrected chi connectivity index (χ3v) is 5.37. The highest BCUT2D eigenvalue weighted by atomic mass is 31.2. The van der Waals surface area contributed by atoms with E-state index in [0.29, 0.717) is 11.0 Å². The zero-order valence-electron chi connectivity index (χ0n) is 16.4. The largest absolute Gasteiger partial charge is 0.778 e. The first-order valence-corrected chi connectivity index (χ1v) is 10.2. The van der Waals surface area contributed by atoms with Crippen LogP contribution in [0.1, 0.15) is 0 Å². The predicted octanol–water partition coefficient (Wildman–Crippen LogP) is -2.51. The standard InChI is InChI=1S/C15H31N2O9P/c1-17(2,3)7-9-27(21,22)25-8-6-16-14(20)13-12(23-4)10(18)11(19)15(24-5)26-13/h10-13,15,18-19H,6-9H2,1-5H3,(H-,16,20,21,22)/t10-,11-,12+,13?,15?/m1/s1. The number of hydrogen-bond donors (Lipinski definition) is 3. The predicted molar refractivity (Wildman–Crippen MR) is 92.8 cm³/mol. The molecule has 12 heteroatoms. The minimum absolute atomic E-state index is 0.0813. The number of hydrogen-bond acceptors (Lipinski definition) is 9. The highest BCUT2D eigenvalue weighted by molar-refractivity contribution is 7.51. The number of methoxy groups -OCH3 is 2. The molecule has 1 amide bonds. The number of nitrogens with one attached hydrogen (secondary N) is 1. The van der Waals surface area contributed by atoms with Crippen LogP contribution in [0.2, 0.25) is 0 Å². The van der Waals surface area contributed by atoms with Crippen LogP contribution in [0.25, 0.3) is 0 Å². The molecule has 27 heavy (non-hydrogen) atoms. The van der Waals surface area contributed by atoms with Crippen molar-refractivity contribution >= 4 is 13.5 Å². The molecule has 3 unspecified atom stereocenters. The number of ether oxygens (including phenoxy) is 3. The molecule has 0 radical (unpaired) electrons. The normalized spacial score (nSPS) is 31.3. The number of aliphatic hydroxyl groups is 2. The van der Waals surface area contributed by atoms with Crippen LogP contribution in [-0.4, -0.2) is 113 Å². The zero-order chi connectivity index (χ0) is 20.8. The molecule has 1 fully saturated rings. The molecule has 6 atom stereocenters. The Labute approximate surface area is 159 Å². The number of quaternary nitrogens is 1. The lowest BCUT2D eigenvalue weighted by Gasteiger charge is -2.40.